The molecule has 1 aliphatic rings. The topological polar surface area (TPSA) is 57.1 Å². The highest BCUT2D eigenvalue weighted by atomic mass is 16.6. The van der Waals surface area contributed by atoms with Crippen molar-refractivity contribution >= 4 is 17.9 Å². The predicted molar refractivity (Wildman–Crippen MR) is 139 cm³/mol. The number of carbonyl (C=O) groups is 1. The molecular formula is C30H31NO4. The van der Waals surface area contributed by atoms with E-state index in [2.05, 4.69) is 44.8 Å². The molecule has 5 nitrogen and oxygen atoms in total. The van der Waals surface area contributed by atoms with Crippen molar-refractivity contribution in [3.05, 3.63) is 100 Å². The molecule has 35 heavy (non-hydrogen) atoms. The van der Waals surface area contributed by atoms with Crippen LogP contribution in [0.3, 0.4) is 0 Å². The van der Waals surface area contributed by atoms with Crippen molar-refractivity contribution in [2.75, 3.05) is 6.61 Å². The van der Waals surface area contributed by atoms with Gasteiger partial charge in [-0.2, -0.15) is 0 Å². The lowest BCUT2D eigenvalue weighted by Crippen LogP contribution is -2.11. The molecule has 3 aromatic rings. The summed E-state index contributed by atoms with van der Waals surface area (Å²) in [5, 5.41) is 0. The second-order valence-electron chi connectivity index (χ2n) is 9.58. The van der Waals surface area contributed by atoms with Crippen LogP contribution < -0.4 is 9.47 Å². The van der Waals surface area contributed by atoms with E-state index in [4.69, 9.17) is 14.2 Å². The normalized spacial score (nSPS) is 14.6. The van der Waals surface area contributed by atoms with Crippen LogP contribution in [-0.4, -0.2) is 18.5 Å². The fraction of sp³-hybridized carbons (Fsp3) is 0.267. The van der Waals surface area contributed by atoms with Crippen LogP contribution in [0.25, 0.3) is 6.08 Å². The zero-order valence-electron chi connectivity index (χ0n) is 20.9. The molecule has 0 aliphatic carbocycles. The van der Waals surface area contributed by atoms with Gasteiger partial charge in [0.15, 0.2) is 17.2 Å². The lowest BCUT2D eigenvalue weighted by Gasteiger charge is -2.18. The Balaban J connectivity index is 1.53. The molecule has 0 amide bonds. The van der Waals surface area contributed by atoms with Crippen molar-refractivity contribution in [3.8, 4) is 11.5 Å². The fourth-order valence-corrected chi connectivity index (χ4v) is 3.65. The predicted octanol–water partition coefficient (Wildman–Crippen LogP) is 6.61. The fourth-order valence-electron chi connectivity index (χ4n) is 3.65. The number of nitrogens with zero attached hydrogens (tertiary/aromatic N) is 1. The molecule has 4 rings (SSSR count). The van der Waals surface area contributed by atoms with Gasteiger partial charge < -0.3 is 14.2 Å². The largest absolute Gasteiger partial charge is 0.490 e. The van der Waals surface area contributed by atoms with Gasteiger partial charge in [0.1, 0.15) is 6.61 Å². The Morgan fingerprint density at radius 3 is 2.29 bits per heavy atom. The van der Waals surface area contributed by atoms with Gasteiger partial charge in [0.05, 0.1) is 6.61 Å². The van der Waals surface area contributed by atoms with E-state index in [0.29, 0.717) is 30.6 Å². The zero-order chi connectivity index (χ0) is 25.0. The molecule has 0 fully saturated rings. The number of hydrogen-bond donors (Lipinski definition) is 0. The zero-order valence-corrected chi connectivity index (χ0v) is 20.9. The first-order valence-corrected chi connectivity index (χ1v) is 11.8. The average molecular weight is 470 g/mol. The Labute approximate surface area is 207 Å². The highest BCUT2D eigenvalue weighted by molar-refractivity contribution is 6.12. The summed E-state index contributed by atoms with van der Waals surface area (Å²) in [6.07, 6.45) is 1.70. The van der Waals surface area contributed by atoms with Crippen LogP contribution in [0.2, 0.25) is 0 Å². The molecule has 1 heterocycles. The summed E-state index contributed by atoms with van der Waals surface area (Å²) in [5.41, 5.74) is 5.33. The van der Waals surface area contributed by atoms with Crippen LogP contribution in [0.4, 0.5) is 0 Å². The molecule has 0 saturated heterocycles. The second kappa shape index (κ2) is 10.2. The van der Waals surface area contributed by atoms with Gasteiger partial charge in [-0.15, -0.1) is 0 Å². The summed E-state index contributed by atoms with van der Waals surface area (Å²) in [6.45, 7) is 11.4. The van der Waals surface area contributed by atoms with Crippen molar-refractivity contribution < 1.29 is 19.0 Å². The molecule has 0 atom stereocenters. The summed E-state index contributed by atoms with van der Waals surface area (Å²) in [7, 11) is 0. The summed E-state index contributed by atoms with van der Waals surface area (Å²) in [5.74, 6) is 1.09. The highest BCUT2D eigenvalue weighted by Gasteiger charge is 2.25. The molecule has 0 bridgehead atoms. The number of benzene rings is 3. The molecule has 0 aromatic heterocycles. The minimum Gasteiger partial charge on any atom is -0.490 e. The monoisotopic (exact) mass is 469 g/mol. The summed E-state index contributed by atoms with van der Waals surface area (Å²) >= 11 is 0. The summed E-state index contributed by atoms with van der Waals surface area (Å²) in [4.78, 5) is 16.9. The summed E-state index contributed by atoms with van der Waals surface area (Å²) in [6, 6.07) is 21.7. The van der Waals surface area contributed by atoms with Crippen LogP contribution >= 0.6 is 0 Å². The van der Waals surface area contributed by atoms with E-state index in [1.165, 1.54) is 11.1 Å². The smallest absolute Gasteiger partial charge is 0.363 e. The highest BCUT2D eigenvalue weighted by Crippen LogP contribution is 2.31. The van der Waals surface area contributed by atoms with Gasteiger partial charge >= 0.3 is 5.97 Å². The Hall–Kier alpha value is -3.86. The lowest BCUT2D eigenvalue weighted by molar-refractivity contribution is -0.129. The molecule has 0 N–H and O–H groups in total. The molecule has 0 saturated carbocycles. The van der Waals surface area contributed by atoms with Crippen LogP contribution in [0.5, 0.6) is 11.5 Å². The lowest BCUT2D eigenvalue weighted by atomic mass is 9.87. The van der Waals surface area contributed by atoms with E-state index in [-0.39, 0.29) is 11.1 Å². The number of ether oxygens (including phenoxy) is 3. The third-order valence-corrected chi connectivity index (χ3v) is 5.70. The van der Waals surface area contributed by atoms with Crippen molar-refractivity contribution in [3.63, 3.8) is 0 Å². The first-order chi connectivity index (χ1) is 16.7. The molecule has 1 aliphatic heterocycles. The van der Waals surface area contributed by atoms with E-state index < -0.39 is 5.97 Å². The van der Waals surface area contributed by atoms with Gasteiger partial charge in [0.2, 0.25) is 5.90 Å². The van der Waals surface area contributed by atoms with Crippen LogP contribution in [0, 0.1) is 6.92 Å². The molecule has 3 aromatic carbocycles. The third-order valence-electron chi connectivity index (χ3n) is 5.70. The standard InChI is InChI=1S/C30H31NO4/c1-6-33-27-18-22(11-16-26(27)34-19-21-9-7-20(2)8-10-21)17-25-29(32)35-28(31-25)23-12-14-24(15-13-23)30(3,4)5/h7-18H,6,19H2,1-5H3. The number of cyclic esters (lactones) is 1. The number of aryl methyl sites for hydroxylation is 1. The van der Waals surface area contributed by atoms with Gasteiger partial charge in [-0.3, -0.25) is 0 Å². The number of aliphatic imine (C=N–C) groups is 1. The van der Waals surface area contributed by atoms with Gasteiger partial charge in [-0.1, -0.05) is 68.8 Å². The Kier molecular flexibility index (Phi) is 7.06. The molecule has 0 unspecified atom stereocenters. The molecule has 180 valence electrons. The summed E-state index contributed by atoms with van der Waals surface area (Å²) < 4.78 is 17.2. The van der Waals surface area contributed by atoms with E-state index in [0.717, 1.165) is 16.7 Å². The van der Waals surface area contributed by atoms with Crippen molar-refractivity contribution in [1.82, 2.24) is 0 Å². The Morgan fingerprint density at radius 1 is 0.914 bits per heavy atom. The Morgan fingerprint density at radius 2 is 1.63 bits per heavy atom. The van der Waals surface area contributed by atoms with Gasteiger partial charge in [0, 0.05) is 5.56 Å². The van der Waals surface area contributed by atoms with Gasteiger partial charge in [-0.05, 0) is 66.3 Å². The quantitative estimate of drug-likeness (QED) is 0.288. The van der Waals surface area contributed by atoms with Gasteiger partial charge in [0.25, 0.3) is 0 Å². The third kappa shape index (κ3) is 5.99. The van der Waals surface area contributed by atoms with Crippen LogP contribution in [0.15, 0.2) is 77.4 Å². The minimum atomic E-state index is -0.474. The van der Waals surface area contributed by atoms with E-state index in [9.17, 15) is 4.79 Å². The first kappa shape index (κ1) is 24.3. The molecule has 5 heteroatoms. The van der Waals surface area contributed by atoms with Crippen LogP contribution in [-0.2, 0) is 21.6 Å². The number of esters is 1. The van der Waals surface area contributed by atoms with E-state index in [1.807, 2.05) is 61.5 Å². The van der Waals surface area contributed by atoms with Gasteiger partial charge in [-0.25, -0.2) is 9.79 Å². The van der Waals surface area contributed by atoms with E-state index in [1.54, 1.807) is 6.08 Å². The van der Waals surface area contributed by atoms with Crippen LogP contribution in [0.1, 0.15) is 55.5 Å². The van der Waals surface area contributed by atoms with Crippen molar-refractivity contribution in [2.45, 2.75) is 46.6 Å². The molecular weight excluding hydrogens is 438 g/mol. The maximum atomic E-state index is 12.5. The number of rotatable bonds is 7. The second-order valence-corrected chi connectivity index (χ2v) is 9.58. The van der Waals surface area contributed by atoms with E-state index >= 15 is 0 Å². The molecule has 0 radical (unpaired) electrons. The number of hydrogen-bond acceptors (Lipinski definition) is 5. The van der Waals surface area contributed by atoms with Crippen molar-refractivity contribution in [2.24, 2.45) is 4.99 Å². The minimum absolute atomic E-state index is 0.0477. The SMILES string of the molecule is CCOc1cc(C=C2N=C(c3ccc(C(C)(C)C)cc3)OC2=O)ccc1OCc1ccc(C)cc1. The Bertz CT molecular complexity index is 1260. The maximum absolute atomic E-state index is 12.5. The van der Waals surface area contributed by atoms with Crippen molar-refractivity contribution in [1.29, 1.82) is 0 Å². The maximum Gasteiger partial charge on any atom is 0.363 e. The molecule has 0 spiro atoms. The average Bonchev–Trinajstić information content (AvgIpc) is 3.19. The number of carbonyl (C=O) groups excluding carboxylic acids is 1. The first-order valence-electron chi connectivity index (χ1n) is 11.8.